The lowest BCUT2D eigenvalue weighted by molar-refractivity contribution is -0.117. The summed E-state index contributed by atoms with van der Waals surface area (Å²) in [5.41, 5.74) is 3.80. The maximum atomic E-state index is 14.1. The summed E-state index contributed by atoms with van der Waals surface area (Å²) in [6.07, 6.45) is 6.27. The summed E-state index contributed by atoms with van der Waals surface area (Å²) in [5, 5.41) is 0. The van der Waals surface area contributed by atoms with Gasteiger partial charge in [0.05, 0.1) is 0 Å². The zero-order valence-corrected chi connectivity index (χ0v) is 31.5. The van der Waals surface area contributed by atoms with Crippen LogP contribution in [-0.2, 0) is 10.2 Å². The van der Waals surface area contributed by atoms with Gasteiger partial charge in [-0.1, -0.05) is 60.6 Å². The van der Waals surface area contributed by atoms with E-state index in [1.807, 2.05) is 45.0 Å². The number of hydrogen-bond donors (Lipinski definition) is 0. The van der Waals surface area contributed by atoms with Gasteiger partial charge in [-0.15, -0.1) is 0 Å². The minimum absolute atomic E-state index is 0.0341. The Morgan fingerprint density at radius 2 is 1.40 bits per heavy atom. The standard InChI is InChI=1S/C42H60N2O3/c1-38(2,3)30-16-19-32(20-17-30)43-25-24-41(10,11)34(27-43)36(45)23-18-31-26-44(39(4,5)6)28-35(42(31,12)13)37(46)29-14-21-33(22-15-29)47-40(7,8)9/h14-17,19-22,27-28,31H,18,23-26H2,1-13H3. The molecule has 5 nitrogen and oxygen atoms in total. The number of carbonyl (C=O) groups excluding carboxylic acids is 2. The molecule has 2 aromatic carbocycles. The highest BCUT2D eigenvalue weighted by Gasteiger charge is 2.43. The fraction of sp³-hybridized carbons (Fsp3) is 0.571. The topological polar surface area (TPSA) is 49.9 Å². The van der Waals surface area contributed by atoms with Gasteiger partial charge in [0.15, 0.2) is 11.6 Å². The number of anilines is 1. The van der Waals surface area contributed by atoms with E-state index in [2.05, 4.69) is 116 Å². The third kappa shape index (κ3) is 8.58. The van der Waals surface area contributed by atoms with Gasteiger partial charge >= 0.3 is 0 Å². The molecular formula is C42H60N2O3. The maximum absolute atomic E-state index is 14.1. The van der Waals surface area contributed by atoms with Crippen LogP contribution < -0.4 is 9.64 Å². The summed E-state index contributed by atoms with van der Waals surface area (Å²) in [7, 11) is 0. The second kappa shape index (κ2) is 12.9. The van der Waals surface area contributed by atoms with Crippen molar-refractivity contribution in [3.63, 3.8) is 0 Å². The van der Waals surface area contributed by atoms with E-state index < -0.39 is 5.41 Å². The molecule has 1 atom stereocenters. The van der Waals surface area contributed by atoms with Gasteiger partial charge in [-0.2, -0.15) is 0 Å². The van der Waals surface area contributed by atoms with Crippen LogP contribution in [0.3, 0.4) is 0 Å². The van der Waals surface area contributed by atoms with Crippen LogP contribution in [0.1, 0.15) is 125 Å². The van der Waals surface area contributed by atoms with Crippen LogP contribution in [0.4, 0.5) is 5.69 Å². The Hall–Kier alpha value is -3.34. The molecule has 0 saturated carbocycles. The van der Waals surface area contributed by atoms with Gasteiger partial charge in [0.2, 0.25) is 0 Å². The van der Waals surface area contributed by atoms with E-state index in [4.69, 9.17) is 4.74 Å². The largest absolute Gasteiger partial charge is 0.488 e. The van der Waals surface area contributed by atoms with Gasteiger partial charge in [-0.3, -0.25) is 9.59 Å². The Balaban J connectivity index is 1.56. The van der Waals surface area contributed by atoms with Crippen LogP contribution in [0.5, 0.6) is 5.75 Å². The van der Waals surface area contributed by atoms with Crippen molar-refractivity contribution in [1.29, 1.82) is 0 Å². The van der Waals surface area contributed by atoms with Crippen LogP contribution >= 0.6 is 0 Å². The Morgan fingerprint density at radius 3 is 1.94 bits per heavy atom. The molecule has 256 valence electrons. The number of nitrogens with zero attached hydrogens (tertiary/aromatic N) is 2. The van der Waals surface area contributed by atoms with Gasteiger partial charge < -0.3 is 14.5 Å². The van der Waals surface area contributed by atoms with Crippen molar-refractivity contribution < 1.29 is 14.3 Å². The summed E-state index contributed by atoms with van der Waals surface area (Å²) in [4.78, 5) is 32.7. The fourth-order valence-corrected chi connectivity index (χ4v) is 6.69. The number of benzene rings is 2. The molecule has 2 aliphatic rings. The smallest absolute Gasteiger partial charge is 0.191 e. The minimum Gasteiger partial charge on any atom is -0.488 e. The van der Waals surface area contributed by atoms with Crippen molar-refractivity contribution in [3.8, 4) is 5.75 Å². The molecule has 0 aromatic heterocycles. The third-order valence-corrected chi connectivity index (χ3v) is 10.1. The number of allylic oxidation sites excluding steroid dienone is 2. The van der Waals surface area contributed by atoms with Crippen molar-refractivity contribution in [2.24, 2.45) is 16.7 Å². The number of carbonyl (C=O) groups is 2. The molecule has 2 aliphatic heterocycles. The van der Waals surface area contributed by atoms with E-state index in [0.29, 0.717) is 12.0 Å². The van der Waals surface area contributed by atoms with Crippen molar-refractivity contribution >= 4 is 17.3 Å². The van der Waals surface area contributed by atoms with Crippen molar-refractivity contribution in [2.75, 3.05) is 18.0 Å². The zero-order chi connectivity index (χ0) is 35.2. The monoisotopic (exact) mass is 640 g/mol. The Morgan fingerprint density at radius 1 is 0.809 bits per heavy atom. The molecule has 2 heterocycles. The summed E-state index contributed by atoms with van der Waals surface area (Å²) in [6, 6.07) is 16.3. The second-order valence-corrected chi connectivity index (χ2v) is 18.0. The SMILES string of the molecule is CC(C)(C)Oc1ccc(C(=O)C2=CN(C(C)(C)C)CC(CCC(=O)C3=CN(c4ccc(C(C)(C)C)cc4)CCC3(C)C)C2(C)C)cc1. The first-order chi connectivity index (χ1) is 21.5. The number of ether oxygens (including phenoxy) is 1. The van der Waals surface area contributed by atoms with Crippen molar-refractivity contribution in [1.82, 2.24) is 4.90 Å². The molecule has 0 fully saturated rings. The zero-order valence-electron chi connectivity index (χ0n) is 31.5. The molecule has 0 saturated heterocycles. The Labute approximate surface area is 285 Å². The van der Waals surface area contributed by atoms with Crippen LogP contribution in [-0.4, -0.2) is 40.7 Å². The molecule has 0 amide bonds. The average Bonchev–Trinajstić information content (AvgIpc) is 2.94. The average molecular weight is 641 g/mol. The molecule has 0 N–H and O–H groups in total. The van der Waals surface area contributed by atoms with Gasteiger partial charge in [0, 0.05) is 59.8 Å². The molecule has 0 radical (unpaired) electrons. The molecular weight excluding hydrogens is 580 g/mol. The van der Waals surface area contributed by atoms with Gasteiger partial charge in [0.1, 0.15) is 11.4 Å². The van der Waals surface area contributed by atoms with Gasteiger partial charge in [0.25, 0.3) is 0 Å². The summed E-state index contributed by atoms with van der Waals surface area (Å²) in [6.45, 7) is 29.7. The molecule has 1 unspecified atom stereocenters. The van der Waals surface area contributed by atoms with E-state index in [9.17, 15) is 9.59 Å². The van der Waals surface area contributed by atoms with Crippen LogP contribution in [0.15, 0.2) is 72.1 Å². The van der Waals surface area contributed by atoms with Crippen LogP contribution in [0, 0.1) is 16.7 Å². The highest BCUT2D eigenvalue weighted by atomic mass is 16.5. The number of Topliss-reactive ketones (excluding diaryl/α,β-unsaturated/α-hetero) is 2. The van der Waals surface area contributed by atoms with Crippen LogP contribution in [0.2, 0.25) is 0 Å². The summed E-state index contributed by atoms with van der Waals surface area (Å²) in [5.74, 6) is 1.12. The molecule has 2 aromatic rings. The lowest BCUT2D eigenvalue weighted by atomic mass is 9.66. The summed E-state index contributed by atoms with van der Waals surface area (Å²) >= 11 is 0. The quantitative estimate of drug-likeness (QED) is 0.269. The van der Waals surface area contributed by atoms with E-state index in [1.165, 1.54) is 5.56 Å². The first-order valence-electron chi connectivity index (χ1n) is 17.4. The third-order valence-electron chi connectivity index (χ3n) is 10.1. The molecule has 5 heteroatoms. The number of hydrogen-bond acceptors (Lipinski definition) is 5. The van der Waals surface area contributed by atoms with Crippen LogP contribution in [0.25, 0.3) is 0 Å². The fourth-order valence-electron chi connectivity index (χ4n) is 6.69. The summed E-state index contributed by atoms with van der Waals surface area (Å²) < 4.78 is 6.00. The van der Waals surface area contributed by atoms with E-state index >= 15 is 0 Å². The lowest BCUT2D eigenvalue weighted by Gasteiger charge is -2.48. The maximum Gasteiger partial charge on any atom is 0.191 e. The van der Waals surface area contributed by atoms with E-state index in [-0.39, 0.29) is 39.5 Å². The molecule has 0 bridgehead atoms. The van der Waals surface area contributed by atoms with Crippen molar-refractivity contribution in [2.45, 2.75) is 126 Å². The normalized spacial score (nSPS) is 20.0. The van der Waals surface area contributed by atoms with E-state index in [0.717, 1.165) is 48.5 Å². The predicted molar refractivity (Wildman–Crippen MR) is 196 cm³/mol. The first-order valence-corrected chi connectivity index (χ1v) is 17.4. The van der Waals surface area contributed by atoms with Gasteiger partial charge in [-0.05, 0) is 119 Å². The van der Waals surface area contributed by atoms with Gasteiger partial charge in [-0.25, -0.2) is 0 Å². The highest BCUT2D eigenvalue weighted by molar-refractivity contribution is 6.09. The number of rotatable bonds is 8. The Bertz CT molecular complexity index is 1500. The molecule has 47 heavy (non-hydrogen) atoms. The van der Waals surface area contributed by atoms with E-state index in [1.54, 1.807) is 0 Å². The first kappa shape index (κ1) is 36.5. The molecule has 0 spiro atoms. The molecule has 4 rings (SSSR count). The number of ketones is 2. The predicted octanol–water partition coefficient (Wildman–Crippen LogP) is 10.2. The Kier molecular flexibility index (Phi) is 10.0. The highest BCUT2D eigenvalue weighted by Crippen LogP contribution is 2.45. The lowest BCUT2D eigenvalue weighted by Crippen LogP contribution is -2.49. The minimum atomic E-state index is -0.406. The molecule has 0 aliphatic carbocycles. The van der Waals surface area contributed by atoms with Crippen molar-refractivity contribution in [3.05, 3.63) is 83.2 Å². The second-order valence-electron chi connectivity index (χ2n) is 18.0.